The minimum Gasteiger partial charge on any atom is -0.487 e. The Morgan fingerprint density at radius 2 is 1.70 bits per heavy atom. The van der Waals surface area contributed by atoms with Gasteiger partial charge in [-0.05, 0) is 36.5 Å². The SMILES string of the molecule is CN(C)C(=O)c1ncc(-c2cc(F)c(OCC3CCN(C(=O)O)CC3)c(F)c2)cn1. The number of carbonyl (C=O) groups is 2. The number of amides is 2. The van der Waals surface area contributed by atoms with Crippen LogP contribution in [0, 0.1) is 17.6 Å². The van der Waals surface area contributed by atoms with Crippen LogP contribution in [0.2, 0.25) is 0 Å². The van der Waals surface area contributed by atoms with Crippen LogP contribution >= 0.6 is 0 Å². The summed E-state index contributed by atoms with van der Waals surface area (Å²) in [7, 11) is 3.14. The minimum atomic E-state index is -0.967. The number of rotatable bonds is 5. The fourth-order valence-electron chi connectivity index (χ4n) is 3.14. The number of aromatic nitrogens is 2. The molecule has 1 fully saturated rings. The molecule has 160 valence electrons. The third-order valence-electron chi connectivity index (χ3n) is 4.93. The number of nitrogens with zero attached hydrogens (tertiary/aromatic N) is 4. The maximum atomic E-state index is 14.5. The summed E-state index contributed by atoms with van der Waals surface area (Å²) in [5, 5.41) is 8.96. The molecule has 1 N–H and O–H groups in total. The van der Waals surface area contributed by atoms with Crippen LogP contribution in [-0.2, 0) is 0 Å². The van der Waals surface area contributed by atoms with Gasteiger partial charge in [0.2, 0.25) is 5.82 Å². The first kappa shape index (κ1) is 21.4. The lowest BCUT2D eigenvalue weighted by molar-refractivity contribution is 0.0815. The third kappa shape index (κ3) is 4.81. The highest BCUT2D eigenvalue weighted by atomic mass is 19.1. The predicted molar refractivity (Wildman–Crippen MR) is 103 cm³/mol. The van der Waals surface area contributed by atoms with Gasteiger partial charge in [-0.3, -0.25) is 4.79 Å². The van der Waals surface area contributed by atoms with Gasteiger partial charge >= 0.3 is 6.09 Å². The smallest absolute Gasteiger partial charge is 0.407 e. The topological polar surface area (TPSA) is 95.9 Å². The first-order valence-corrected chi connectivity index (χ1v) is 9.40. The van der Waals surface area contributed by atoms with E-state index in [4.69, 9.17) is 9.84 Å². The molecule has 2 amide bonds. The molecule has 1 aromatic carbocycles. The van der Waals surface area contributed by atoms with E-state index in [1.54, 1.807) is 14.1 Å². The number of hydrogen-bond donors (Lipinski definition) is 1. The molecule has 1 aliphatic rings. The molecule has 1 saturated heterocycles. The summed E-state index contributed by atoms with van der Waals surface area (Å²) in [4.78, 5) is 33.3. The van der Waals surface area contributed by atoms with E-state index in [0.717, 1.165) is 12.1 Å². The van der Waals surface area contributed by atoms with Crippen molar-refractivity contribution in [2.45, 2.75) is 12.8 Å². The lowest BCUT2D eigenvalue weighted by atomic mass is 9.98. The van der Waals surface area contributed by atoms with Crippen LogP contribution in [0.25, 0.3) is 11.1 Å². The third-order valence-corrected chi connectivity index (χ3v) is 4.93. The Hall–Kier alpha value is -3.30. The quantitative estimate of drug-likeness (QED) is 0.799. The van der Waals surface area contributed by atoms with Crippen LogP contribution in [0.5, 0.6) is 5.75 Å². The van der Waals surface area contributed by atoms with Crippen LogP contribution in [0.4, 0.5) is 13.6 Å². The number of hydrogen-bond acceptors (Lipinski definition) is 5. The highest BCUT2D eigenvalue weighted by molar-refractivity contribution is 5.90. The van der Waals surface area contributed by atoms with Crippen LogP contribution < -0.4 is 4.74 Å². The molecule has 0 atom stereocenters. The molecule has 1 aliphatic heterocycles. The molecule has 30 heavy (non-hydrogen) atoms. The molecule has 10 heteroatoms. The lowest BCUT2D eigenvalue weighted by Gasteiger charge is -2.29. The zero-order chi connectivity index (χ0) is 21.8. The van der Waals surface area contributed by atoms with Crippen molar-refractivity contribution in [3.05, 3.63) is 42.0 Å². The average Bonchev–Trinajstić information content (AvgIpc) is 2.72. The molecule has 3 rings (SSSR count). The average molecular weight is 420 g/mol. The lowest BCUT2D eigenvalue weighted by Crippen LogP contribution is -2.38. The largest absolute Gasteiger partial charge is 0.487 e. The second-order valence-corrected chi connectivity index (χ2v) is 7.29. The van der Waals surface area contributed by atoms with Gasteiger partial charge in [-0.1, -0.05) is 0 Å². The Morgan fingerprint density at radius 3 is 2.20 bits per heavy atom. The van der Waals surface area contributed by atoms with E-state index in [2.05, 4.69) is 9.97 Å². The molecule has 1 aromatic heterocycles. The fourth-order valence-corrected chi connectivity index (χ4v) is 3.14. The van der Waals surface area contributed by atoms with Crippen molar-refractivity contribution in [1.82, 2.24) is 19.8 Å². The summed E-state index contributed by atoms with van der Waals surface area (Å²) in [6.45, 7) is 0.851. The summed E-state index contributed by atoms with van der Waals surface area (Å²) in [6.07, 6.45) is 2.83. The van der Waals surface area contributed by atoms with E-state index in [0.29, 0.717) is 31.5 Å². The normalized spacial score (nSPS) is 14.5. The zero-order valence-corrected chi connectivity index (χ0v) is 16.6. The second kappa shape index (κ2) is 9.02. The number of halogens is 2. The zero-order valence-electron chi connectivity index (χ0n) is 16.6. The van der Waals surface area contributed by atoms with Gasteiger partial charge < -0.3 is 19.6 Å². The standard InChI is InChI=1S/C20H22F2N4O4/c1-25(2)19(27)18-23-9-14(10-24-18)13-7-15(21)17(16(22)8-13)30-11-12-3-5-26(6-4-12)20(28)29/h7-10,12H,3-6,11H2,1-2H3,(H,28,29). The van der Waals surface area contributed by atoms with Crippen LogP contribution in [-0.4, -0.2) is 70.7 Å². The number of piperidine rings is 1. The molecule has 8 nitrogen and oxygen atoms in total. The van der Waals surface area contributed by atoms with Crippen LogP contribution in [0.15, 0.2) is 24.5 Å². The van der Waals surface area contributed by atoms with E-state index < -0.39 is 23.5 Å². The summed E-state index contributed by atoms with van der Waals surface area (Å²) < 4.78 is 34.3. The Morgan fingerprint density at radius 1 is 1.13 bits per heavy atom. The molecular formula is C20H22F2N4O4. The van der Waals surface area contributed by atoms with Gasteiger partial charge in [-0.2, -0.15) is 0 Å². The summed E-state index contributed by atoms with van der Waals surface area (Å²) >= 11 is 0. The number of benzene rings is 1. The van der Waals surface area contributed by atoms with Gasteiger partial charge in [0.1, 0.15) is 0 Å². The molecule has 2 heterocycles. The second-order valence-electron chi connectivity index (χ2n) is 7.29. The molecular weight excluding hydrogens is 398 g/mol. The Labute approximate surface area is 172 Å². The predicted octanol–water partition coefficient (Wildman–Crippen LogP) is 2.89. The molecule has 0 spiro atoms. The number of likely N-dealkylation sites (tertiary alicyclic amines) is 1. The van der Waals surface area contributed by atoms with Gasteiger partial charge in [0.25, 0.3) is 5.91 Å². The Balaban J connectivity index is 1.67. The van der Waals surface area contributed by atoms with Crippen molar-refractivity contribution in [3.63, 3.8) is 0 Å². The maximum Gasteiger partial charge on any atom is 0.407 e. The highest BCUT2D eigenvalue weighted by Gasteiger charge is 2.24. The van der Waals surface area contributed by atoms with E-state index in [9.17, 15) is 18.4 Å². The van der Waals surface area contributed by atoms with Gasteiger partial charge in [0, 0.05) is 45.1 Å². The van der Waals surface area contributed by atoms with Gasteiger partial charge in [0.15, 0.2) is 17.4 Å². The fraction of sp³-hybridized carbons (Fsp3) is 0.400. The van der Waals surface area contributed by atoms with Crippen molar-refractivity contribution in [1.29, 1.82) is 0 Å². The van der Waals surface area contributed by atoms with Crippen molar-refractivity contribution >= 4 is 12.0 Å². The highest BCUT2D eigenvalue weighted by Crippen LogP contribution is 2.29. The summed E-state index contributed by atoms with van der Waals surface area (Å²) in [5.74, 6) is -2.56. The Bertz CT molecular complexity index is 906. The van der Waals surface area contributed by atoms with Crippen molar-refractivity contribution in [3.8, 4) is 16.9 Å². The van der Waals surface area contributed by atoms with Gasteiger partial charge in [0.05, 0.1) is 6.61 Å². The van der Waals surface area contributed by atoms with Gasteiger partial charge in [-0.25, -0.2) is 23.5 Å². The maximum absolute atomic E-state index is 14.5. The monoisotopic (exact) mass is 420 g/mol. The van der Waals surface area contributed by atoms with Crippen LogP contribution in [0.1, 0.15) is 23.5 Å². The molecule has 0 unspecified atom stereocenters. The van der Waals surface area contributed by atoms with E-state index in [-0.39, 0.29) is 29.8 Å². The number of carbonyl (C=O) groups excluding carboxylic acids is 1. The molecule has 0 radical (unpaired) electrons. The molecule has 2 aromatic rings. The van der Waals surface area contributed by atoms with Gasteiger partial charge in [-0.15, -0.1) is 0 Å². The number of carboxylic acid groups (broad SMARTS) is 1. The van der Waals surface area contributed by atoms with Crippen molar-refractivity contribution in [2.24, 2.45) is 5.92 Å². The number of ether oxygens (including phenoxy) is 1. The first-order chi connectivity index (χ1) is 14.3. The van der Waals surface area contributed by atoms with Crippen LogP contribution in [0.3, 0.4) is 0 Å². The minimum absolute atomic E-state index is 0.0152. The van der Waals surface area contributed by atoms with Crippen molar-refractivity contribution < 1.29 is 28.2 Å². The summed E-state index contributed by atoms with van der Waals surface area (Å²) in [5.41, 5.74) is 0.576. The van der Waals surface area contributed by atoms with Crippen molar-refractivity contribution in [2.75, 3.05) is 33.8 Å². The Kier molecular flexibility index (Phi) is 6.43. The molecule has 0 saturated carbocycles. The molecule has 0 bridgehead atoms. The van der Waals surface area contributed by atoms with E-state index >= 15 is 0 Å². The van der Waals surface area contributed by atoms with E-state index in [1.807, 2.05) is 0 Å². The summed E-state index contributed by atoms with van der Waals surface area (Å²) in [6, 6.07) is 2.25. The van der Waals surface area contributed by atoms with E-state index in [1.165, 1.54) is 22.2 Å². The first-order valence-electron chi connectivity index (χ1n) is 9.40. The molecule has 0 aliphatic carbocycles.